The molecular formula is C18H27N3O. The molecule has 1 aromatic rings. The van der Waals surface area contributed by atoms with Crippen LogP contribution in [0, 0.1) is 11.8 Å². The van der Waals surface area contributed by atoms with Gasteiger partial charge < -0.3 is 4.90 Å². The van der Waals surface area contributed by atoms with Crippen LogP contribution in [0.5, 0.6) is 0 Å². The van der Waals surface area contributed by atoms with E-state index >= 15 is 0 Å². The van der Waals surface area contributed by atoms with Crippen LogP contribution >= 0.6 is 0 Å². The minimum absolute atomic E-state index is 0.0719. The zero-order valence-corrected chi connectivity index (χ0v) is 13.9. The molecule has 1 aromatic carbocycles. The molecular weight excluding hydrogens is 274 g/mol. The molecule has 4 nitrogen and oxygen atoms in total. The molecule has 120 valence electrons. The van der Waals surface area contributed by atoms with E-state index < -0.39 is 0 Å². The summed E-state index contributed by atoms with van der Waals surface area (Å²) < 4.78 is 0. The molecule has 0 spiro atoms. The fourth-order valence-corrected chi connectivity index (χ4v) is 2.66. The number of benzene rings is 1. The molecule has 0 heterocycles. The van der Waals surface area contributed by atoms with Crippen LogP contribution in [0.2, 0.25) is 0 Å². The van der Waals surface area contributed by atoms with Crippen molar-refractivity contribution in [1.82, 2.24) is 5.43 Å². The van der Waals surface area contributed by atoms with Crippen LogP contribution in [0.1, 0.15) is 44.6 Å². The predicted molar refractivity (Wildman–Crippen MR) is 92.2 cm³/mol. The Hall–Kier alpha value is -1.84. The standard InChI is InChI=1S/C18H27N3O/c1-4-5-6-7-15-12-17(15)18(22)20-19-13-14-8-10-16(11-9-14)21(2)3/h8-11,13,15,17H,4-7,12H2,1-3H3,(H,20,22). The first-order valence-electron chi connectivity index (χ1n) is 8.22. The fraction of sp³-hybridized carbons (Fsp3) is 0.556. The summed E-state index contributed by atoms with van der Waals surface area (Å²) in [4.78, 5) is 14.0. The lowest BCUT2D eigenvalue weighted by Gasteiger charge is -2.11. The average molecular weight is 301 g/mol. The van der Waals surface area contributed by atoms with Crippen molar-refractivity contribution >= 4 is 17.8 Å². The van der Waals surface area contributed by atoms with Gasteiger partial charge in [-0.05, 0) is 36.5 Å². The molecule has 0 radical (unpaired) electrons. The number of carbonyl (C=O) groups excluding carboxylic acids is 1. The van der Waals surface area contributed by atoms with E-state index in [9.17, 15) is 4.79 Å². The van der Waals surface area contributed by atoms with Gasteiger partial charge in [0.15, 0.2) is 0 Å². The Morgan fingerprint density at radius 2 is 2.05 bits per heavy atom. The average Bonchev–Trinajstić information content (AvgIpc) is 3.27. The molecule has 1 aliphatic carbocycles. The SMILES string of the molecule is CCCCCC1CC1C(=O)NN=Cc1ccc(N(C)C)cc1. The first-order chi connectivity index (χ1) is 10.6. The Labute approximate surface area is 133 Å². The molecule has 1 N–H and O–H groups in total. The summed E-state index contributed by atoms with van der Waals surface area (Å²) in [6.07, 6.45) is 7.66. The fourth-order valence-electron chi connectivity index (χ4n) is 2.66. The number of amides is 1. The van der Waals surface area contributed by atoms with Gasteiger partial charge in [-0.3, -0.25) is 4.79 Å². The maximum Gasteiger partial charge on any atom is 0.243 e. The Balaban J connectivity index is 1.72. The Morgan fingerprint density at radius 3 is 2.68 bits per heavy atom. The van der Waals surface area contributed by atoms with E-state index in [0.29, 0.717) is 5.92 Å². The molecule has 2 atom stereocenters. The summed E-state index contributed by atoms with van der Waals surface area (Å²) in [7, 11) is 4.02. The van der Waals surface area contributed by atoms with Crippen molar-refractivity contribution in [3.8, 4) is 0 Å². The highest BCUT2D eigenvalue weighted by molar-refractivity contribution is 5.85. The summed E-state index contributed by atoms with van der Waals surface area (Å²) in [5.74, 6) is 0.842. The van der Waals surface area contributed by atoms with Crippen LogP contribution in [0.25, 0.3) is 0 Å². The second-order valence-corrected chi connectivity index (χ2v) is 6.32. The summed E-state index contributed by atoms with van der Waals surface area (Å²) in [5.41, 5.74) is 4.81. The lowest BCUT2D eigenvalue weighted by Crippen LogP contribution is -2.20. The van der Waals surface area contributed by atoms with Gasteiger partial charge in [-0.15, -0.1) is 0 Å². The summed E-state index contributed by atoms with van der Waals surface area (Å²) in [6.45, 7) is 2.21. The number of nitrogens with zero attached hydrogens (tertiary/aromatic N) is 2. The first-order valence-corrected chi connectivity index (χ1v) is 8.22. The Morgan fingerprint density at radius 1 is 1.32 bits per heavy atom. The van der Waals surface area contributed by atoms with Crippen LogP contribution in [0.3, 0.4) is 0 Å². The molecule has 0 bridgehead atoms. The van der Waals surface area contributed by atoms with Crippen LogP contribution < -0.4 is 10.3 Å². The third kappa shape index (κ3) is 4.86. The van der Waals surface area contributed by atoms with Gasteiger partial charge in [-0.1, -0.05) is 38.3 Å². The zero-order chi connectivity index (χ0) is 15.9. The minimum Gasteiger partial charge on any atom is -0.378 e. The van der Waals surface area contributed by atoms with Crippen molar-refractivity contribution in [2.24, 2.45) is 16.9 Å². The number of unbranched alkanes of at least 4 members (excludes halogenated alkanes) is 2. The lowest BCUT2D eigenvalue weighted by molar-refractivity contribution is -0.122. The summed E-state index contributed by atoms with van der Waals surface area (Å²) >= 11 is 0. The van der Waals surface area contributed by atoms with Crippen molar-refractivity contribution in [3.63, 3.8) is 0 Å². The van der Waals surface area contributed by atoms with Crippen LogP contribution in [-0.4, -0.2) is 26.2 Å². The molecule has 1 aliphatic rings. The lowest BCUT2D eigenvalue weighted by atomic mass is 10.1. The van der Waals surface area contributed by atoms with Crippen molar-refractivity contribution in [2.45, 2.75) is 39.0 Å². The number of hydrogen-bond donors (Lipinski definition) is 1. The monoisotopic (exact) mass is 301 g/mol. The van der Waals surface area contributed by atoms with Gasteiger partial charge in [0.2, 0.25) is 5.91 Å². The zero-order valence-electron chi connectivity index (χ0n) is 13.9. The van der Waals surface area contributed by atoms with Gasteiger partial charge in [0.05, 0.1) is 6.21 Å². The summed E-state index contributed by atoms with van der Waals surface area (Å²) in [5, 5.41) is 4.07. The van der Waals surface area contributed by atoms with E-state index in [1.165, 1.54) is 25.7 Å². The molecule has 1 fully saturated rings. The highest BCUT2D eigenvalue weighted by Crippen LogP contribution is 2.42. The molecule has 2 unspecified atom stereocenters. The number of nitrogens with one attached hydrogen (secondary N) is 1. The van der Waals surface area contributed by atoms with Gasteiger partial charge in [0.1, 0.15) is 0 Å². The van der Waals surface area contributed by atoms with Gasteiger partial charge in [0.25, 0.3) is 0 Å². The molecule has 0 saturated heterocycles. The predicted octanol–water partition coefficient (Wildman–Crippen LogP) is 3.42. The highest BCUT2D eigenvalue weighted by atomic mass is 16.2. The summed E-state index contributed by atoms with van der Waals surface area (Å²) in [6, 6.07) is 8.06. The number of anilines is 1. The van der Waals surface area contributed by atoms with E-state index in [-0.39, 0.29) is 11.8 Å². The van der Waals surface area contributed by atoms with Crippen molar-refractivity contribution in [3.05, 3.63) is 29.8 Å². The third-order valence-corrected chi connectivity index (χ3v) is 4.24. The largest absolute Gasteiger partial charge is 0.378 e. The number of hydrogen-bond acceptors (Lipinski definition) is 3. The van der Waals surface area contributed by atoms with Crippen LogP contribution in [-0.2, 0) is 4.79 Å². The molecule has 4 heteroatoms. The second-order valence-electron chi connectivity index (χ2n) is 6.32. The van der Waals surface area contributed by atoms with E-state index in [2.05, 4.69) is 22.4 Å². The van der Waals surface area contributed by atoms with Crippen molar-refractivity contribution in [1.29, 1.82) is 0 Å². The molecule has 1 amide bonds. The van der Waals surface area contributed by atoms with E-state index in [1.54, 1.807) is 6.21 Å². The number of hydrazone groups is 1. The van der Waals surface area contributed by atoms with Crippen LogP contribution in [0.15, 0.2) is 29.4 Å². The Bertz CT molecular complexity index is 508. The molecule has 0 aromatic heterocycles. The molecule has 1 saturated carbocycles. The van der Waals surface area contributed by atoms with Gasteiger partial charge in [-0.2, -0.15) is 5.10 Å². The minimum atomic E-state index is 0.0719. The van der Waals surface area contributed by atoms with E-state index in [0.717, 1.165) is 17.7 Å². The molecule has 22 heavy (non-hydrogen) atoms. The van der Waals surface area contributed by atoms with E-state index in [1.807, 2.05) is 38.4 Å². The van der Waals surface area contributed by atoms with Gasteiger partial charge >= 0.3 is 0 Å². The first kappa shape index (κ1) is 16.5. The number of carbonyl (C=O) groups is 1. The topological polar surface area (TPSA) is 44.7 Å². The maximum atomic E-state index is 12.0. The molecule has 0 aliphatic heterocycles. The third-order valence-electron chi connectivity index (χ3n) is 4.24. The van der Waals surface area contributed by atoms with Gasteiger partial charge in [0, 0.05) is 25.7 Å². The van der Waals surface area contributed by atoms with Gasteiger partial charge in [-0.25, -0.2) is 5.43 Å². The normalized spacial score (nSPS) is 20.1. The molecule has 2 rings (SSSR count). The highest BCUT2D eigenvalue weighted by Gasteiger charge is 2.41. The smallest absolute Gasteiger partial charge is 0.243 e. The van der Waals surface area contributed by atoms with Crippen LogP contribution in [0.4, 0.5) is 5.69 Å². The van der Waals surface area contributed by atoms with Crippen molar-refractivity contribution in [2.75, 3.05) is 19.0 Å². The number of rotatable bonds is 8. The maximum absolute atomic E-state index is 12.0. The Kier molecular flexibility index (Phi) is 5.99. The quantitative estimate of drug-likeness (QED) is 0.454. The van der Waals surface area contributed by atoms with Crippen molar-refractivity contribution < 1.29 is 4.79 Å². The second kappa shape index (κ2) is 7.97. The van der Waals surface area contributed by atoms with E-state index in [4.69, 9.17) is 0 Å².